The lowest BCUT2D eigenvalue weighted by Gasteiger charge is -2.32. The molecular formula is C27H39BN4O5. The van der Waals surface area contributed by atoms with Crippen LogP contribution in [0.3, 0.4) is 0 Å². The van der Waals surface area contributed by atoms with Crippen molar-refractivity contribution in [2.45, 2.75) is 78.7 Å². The summed E-state index contributed by atoms with van der Waals surface area (Å²) in [6.07, 6.45) is 1.22. The number of nitrogens with zero attached hydrogens (tertiary/aromatic N) is 1. The Morgan fingerprint density at radius 3 is 2.30 bits per heavy atom. The van der Waals surface area contributed by atoms with E-state index in [-0.39, 0.29) is 5.91 Å². The number of amides is 2. The Labute approximate surface area is 220 Å². The van der Waals surface area contributed by atoms with Crippen LogP contribution < -0.4 is 21.4 Å². The van der Waals surface area contributed by atoms with Crippen LogP contribution in [0.1, 0.15) is 70.1 Å². The van der Waals surface area contributed by atoms with Crippen molar-refractivity contribution >= 4 is 30.3 Å². The Bertz CT molecular complexity index is 1100. The van der Waals surface area contributed by atoms with Gasteiger partial charge in [-0.15, -0.1) is 0 Å². The molecule has 3 N–H and O–H groups in total. The van der Waals surface area contributed by atoms with Gasteiger partial charge in [0.05, 0.1) is 11.2 Å². The first-order valence-electron chi connectivity index (χ1n) is 12.6. The van der Waals surface area contributed by atoms with Crippen LogP contribution >= 0.6 is 0 Å². The van der Waals surface area contributed by atoms with E-state index in [9.17, 15) is 9.59 Å². The molecule has 2 heterocycles. The monoisotopic (exact) mass is 510 g/mol. The summed E-state index contributed by atoms with van der Waals surface area (Å²) in [5.41, 5.74) is 2.27. The molecule has 3 rings (SSSR count). The summed E-state index contributed by atoms with van der Waals surface area (Å²) in [5.74, 6) is -0.296. The van der Waals surface area contributed by atoms with Crippen LogP contribution in [0.15, 0.2) is 36.5 Å². The molecule has 0 aliphatic carbocycles. The molecule has 0 spiro atoms. The molecule has 0 bridgehead atoms. The molecule has 200 valence electrons. The molecule has 1 aromatic heterocycles. The van der Waals surface area contributed by atoms with E-state index in [1.54, 1.807) is 12.3 Å². The lowest BCUT2D eigenvalue weighted by atomic mass is 9.76. The van der Waals surface area contributed by atoms with Crippen LogP contribution in [0.2, 0.25) is 0 Å². The number of ether oxygens (including phenoxy) is 1. The van der Waals surface area contributed by atoms with E-state index in [1.165, 1.54) is 0 Å². The van der Waals surface area contributed by atoms with Gasteiger partial charge in [0.15, 0.2) is 0 Å². The summed E-state index contributed by atoms with van der Waals surface area (Å²) < 4.78 is 17.6. The average Bonchev–Trinajstić information content (AvgIpc) is 3.00. The van der Waals surface area contributed by atoms with E-state index >= 15 is 0 Å². The largest absolute Gasteiger partial charge is 0.495 e. The highest BCUT2D eigenvalue weighted by molar-refractivity contribution is 6.62. The van der Waals surface area contributed by atoms with Crippen LogP contribution in [0, 0.1) is 6.92 Å². The van der Waals surface area contributed by atoms with E-state index in [2.05, 4.69) is 20.9 Å². The van der Waals surface area contributed by atoms with Gasteiger partial charge in [-0.3, -0.25) is 9.78 Å². The SMILES string of the molecule is Cc1c(NC(=O)c2ccc(CNCCNC(=O)OC(C)(C)C)cn2)cccc1B1OC(C)(C)C(C)(C)O1. The fraction of sp³-hybridized carbons (Fsp3) is 0.519. The summed E-state index contributed by atoms with van der Waals surface area (Å²) >= 11 is 0. The van der Waals surface area contributed by atoms with Gasteiger partial charge in [-0.05, 0) is 84.1 Å². The van der Waals surface area contributed by atoms with E-state index in [1.807, 2.05) is 79.7 Å². The number of nitrogens with one attached hydrogen (secondary N) is 3. The number of benzene rings is 1. The third-order valence-electron chi connectivity index (χ3n) is 6.49. The molecule has 0 atom stereocenters. The van der Waals surface area contributed by atoms with Gasteiger partial charge in [-0.25, -0.2) is 4.79 Å². The second-order valence-corrected chi connectivity index (χ2v) is 11.2. The molecule has 1 aromatic carbocycles. The maximum absolute atomic E-state index is 12.9. The molecule has 10 heteroatoms. The van der Waals surface area contributed by atoms with Crippen molar-refractivity contribution in [2.24, 2.45) is 0 Å². The van der Waals surface area contributed by atoms with Crippen molar-refractivity contribution < 1.29 is 23.6 Å². The molecule has 1 fully saturated rings. The van der Waals surface area contributed by atoms with Crippen molar-refractivity contribution in [3.05, 3.63) is 53.3 Å². The zero-order valence-corrected chi connectivity index (χ0v) is 23.2. The highest BCUT2D eigenvalue weighted by Crippen LogP contribution is 2.37. The number of alkyl carbamates (subject to hydrolysis) is 1. The number of carbonyl (C=O) groups is 2. The third kappa shape index (κ3) is 7.53. The molecule has 0 radical (unpaired) electrons. The second kappa shape index (κ2) is 11.2. The Morgan fingerprint density at radius 2 is 1.70 bits per heavy atom. The first-order valence-corrected chi connectivity index (χ1v) is 12.6. The zero-order valence-electron chi connectivity index (χ0n) is 23.2. The molecule has 0 saturated carbocycles. The number of carbonyl (C=O) groups excluding carboxylic acids is 2. The molecule has 2 amide bonds. The summed E-state index contributed by atoms with van der Waals surface area (Å²) in [4.78, 5) is 28.9. The zero-order chi connectivity index (χ0) is 27.4. The summed E-state index contributed by atoms with van der Waals surface area (Å²) in [6.45, 7) is 17.0. The Balaban J connectivity index is 1.52. The Morgan fingerprint density at radius 1 is 1.03 bits per heavy atom. The average molecular weight is 510 g/mol. The Hall–Kier alpha value is -2.95. The number of rotatable bonds is 8. The van der Waals surface area contributed by atoms with Crippen LogP contribution in [0.4, 0.5) is 10.5 Å². The van der Waals surface area contributed by atoms with Crippen LogP contribution in [-0.2, 0) is 20.6 Å². The molecule has 1 saturated heterocycles. The summed E-state index contributed by atoms with van der Waals surface area (Å²) in [5, 5.41) is 8.88. The fourth-order valence-electron chi connectivity index (χ4n) is 3.66. The fourth-order valence-corrected chi connectivity index (χ4v) is 3.66. The van der Waals surface area contributed by atoms with E-state index in [0.717, 1.165) is 16.6 Å². The number of pyridine rings is 1. The molecule has 37 heavy (non-hydrogen) atoms. The summed E-state index contributed by atoms with van der Waals surface area (Å²) in [7, 11) is -0.508. The topological polar surface area (TPSA) is 111 Å². The van der Waals surface area contributed by atoms with Gasteiger partial charge in [0, 0.05) is 31.5 Å². The number of hydrogen-bond donors (Lipinski definition) is 3. The maximum Gasteiger partial charge on any atom is 0.495 e. The molecular weight excluding hydrogens is 471 g/mol. The maximum atomic E-state index is 12.9. The second-order valence-electron chi connectivity index (χ2n) is 11.2. The molecule has 2 aromatic rings. The predicted molar refractivity (Wildman–Crippen MR) is 145 cm³/mol. The first-order chi connectivity index (χ1) is 17.2. The van der Waals surface area contributed by atoms with Gasteiger partial charge in [0.1, 0.15) is 11.3 Å². The van der Waals surface area contributed by atoms with Crippen LogP contribution in [0.25, 0.3) is 0 Å². The number of anilines is 1. The van der Waals surface area contributed by atoms with Crippen molar-refractivity contribution in [2.75, 3.05) is 18.4 Å². The van der Waals surface area contributed by atoms with Crippen LogP contribution in [0.5, 0.6) is 0 Å². The molecule has 1 aliphatic heterocycles. The predicted octanol–water partition coefficient (Wildman–Crippen LogP) is 3.56. The first kappa shape index (κ1) is 28.6. The van der Waals surface area contributed by atoms with Crippen molar-refractivity contribution in [3.8, 4) is 0 Å². The lowest BCUT2D eigenvalue weighted by Crippen LogP contribution is -2.41. The van der Waals surface area contributed by atoms with E-state index < -0.39 is 30.0 Å². The van der Waals surface area contributed by atoms with Crippen molar-refractivity contribution in [3.63, 3.8) is 0 Å². The minimum absolute atomic E-state index is 0.296. The van der Waals surface area contributed by atoms with Crippen molar-refractivity contribution in [1.82, 2.24) is 15.6 Å². The van der Waals surface area contributed by atoms with Gasteiger partial charge in [-0.1, -0.05) is 18.2 Å². The van der Waals surface area contributed by atoms with E-state index in [0.29, 0.717) is 31.0 Å². The van der Waals surface area contributed by atoms with Gasteiger partial charge < -0.3 is 30.0 Å². The minimum Gasteiger partial charge on any atom is -0.444 e. The minimum atomic E-state index is -0.522. The van der Waals surface area contributed by atoms with Crippen molar-refractivity contribution in [1.29, 1.82) is 0 Å². The van der Waals surface area contributed by atoms with E-state index in [4.69, 9.17) is 14.0 Å². The third-order valence-corrected chi connectivity index (χ3v) is 6.49. The highest BCUT2D eigenvalue weighted by atomic mass is 16.7. The molecule has 9 nitrogen and oxygen atoms in total. The molecule has 0 unspecified atom stereocenters. The summed E-state index contributed by atoms with van der Waals surface area (Å²) in [6, 6.07) is 9.23. The van der Waals surface area contributed by atoms with Gasteiger partial charge in [0.25, 0.3) is 5.91 Å². The highest BCUT2D eigenvalue weighted by Gasteiger charge is 2.52. The molecule has 1 aliphatic rings. The number of hydrogen-bond acceptors (Lipinski definition) is 7. The van der Waals surface area contributed by atoms with Gasteiger partial charge in [0.2, 0.25) is 0 Å². The normalized spacial score (nSPS) is 16.4. The lowest BCUT2D eigenvalue weighted by molar-refractivity contribution is 0.00578. The smallest absolute Gasteiger partial charge is 0.444 e. The number of aromatic nitrogens is 1. The quantitative estimate of drug-likeness (QED) is 0.368. The Kier molecular flexibility index (Phi) is 8.67. The van der Waals surface area contributed by atoms with Crippen LogP contribution in [-0.4, -0.2) is 54.0 Å². The van der Waals surface area contributed by atoms with Gasteiger partial charge >= 0.3 is 13.2 Å². The standard InChI is InChI=1S/C27H39BN4O5/c1-18-20(28-36-26(5,6)27(7,8)37-28)10-9-11-21(18)32-23(33)22-13-12-19(17-31-22)16-29-14-15-30-24(34)35-25(2,3)4/h9-13,17,29H,14-16H2,1-8H3,(H,30,34)(H,32,33). The van der Waals surface area contributed by atoms with Gasteiger partial charge in [-0.2, -0.15) is 0 Å².